The molecular weight excluding hydrogens is 142 g/mol. The zero-order valence-electron chi connectivity index (χ0n) is 6.20. The summed E-state index contributed by atoms with van der Waals surface area (Å²) in [5.74, 6) is 0. The number of nitrogens with zero attached hydrogens (tertiary/aromatic N) is 2. The summed E-state index contributed by atoms with van der Waals surface area (Å²) >= 11 is 0. The van der Waals surface area contributed by atoms with Crippen LogP contribution >= 0.6 is 0 Å². The molecule has 0 bridgehead atoms. The van der Waals surface area contributed by atoms with E-state index in [-0.39, 0.29) is 11.6 Å². The maximum atomic E-state index is 9.06. The van der Waals surface area contributed by atoms with Gasteiger partial charge in [0.05, 0.1) is 17.4 Å². The van der Waals surface area contributed by atoms with Gasteiger partial charge in [0.1, 0.15) is 6.67 Å². The predicted octanol–water partition coefficient (Wildman–Crippen LogP) is -0.679. The molecule has 0 aromatic rings. The van der Waals surface area contributed by atoms with Crippen molar-refractivity contribution in [2.75, 3.05) is 6.67 Å². The van der Waals surface area contributed by atoms with Gasteiger partial charge in [0.25, 0.3) is 0 Å². The summed E-state index contributed by atoms with van der Waals surface area (Å²) in [6, 6.07) is 0. The minimum atomic E-state index is -0.376. The minimum absolute atomic E-state index is 0.239. The molecule has 11 heavy (non-hydrogen) atoms. The Labute approximate surface area is 64.8 Å². The van der Waals surface area contributed by atoms with Crippen molar-refractivity contribution >= 4 is 11.9 Å². The molecule has 60 valence electrons. The van der Waals surface area contributed by atoms with Gasteiger partial charge in [0, 0.05) is 6.21 Å². The number of hydrogen-bond donors (Lipinski definition) is 2. The normalized spacial score (nSPS) is 42.0. The lowest BCUT2D eigenvalue weighted by Crippen LogP contribution is -2.60. The van der Waals surface area contributed by atoms with Crippen molar-refractivity contribution in [3.05, 3.63) is 0 Å². The largest absolute Gasteiger partial charge is 0.393 e. The van der Waals surface area contributed by atoms with Crippen LogP contribution in [-0.4, -0.2) is 35.3 Å². The highest BCUT2D eigenvalue weighted by atomic mass is 16.3. The molecule has 4 nitrogen and oxygen atoms in total. The first-order valence-corrected chi connectivity index (χ1v) is 3.72. The standard InChI is InChI=1S/C7H11N3O/c8-7(1-5(11)2-7)6-3-9-4-10-6/h3,5,11H,1-2,4,8H2. The summed E-state index contributed by atoms with van der Waals surface area (Å²) in [4.78, 5) is 8.07. The van der Waals surface area contributed by atoms with Crippen LogP contribution in [0.3, 0.4) is 0 Å². The third-order valence-corrected chi connectivity index (χ3v) is 2.25. The highest BCUT2D eigenvalue weighted by Crippen LogP contribution is 2.31. The van der Waals surface area contributed by atoms with Crippen molar-refractivity contribution in [1.82, 2.24) is 0 Å². The first-order chi connectivity index (χ1) is 5.21. The Morgan fingerprint density at radius 3 is 2.82 bits per heavy atom. The van der Waals surface area contributed by atoms with Crippen molar-refractivity contribution in [2.24, 2.45) is 15.7 Å². The van der Waals surface area contributed by atoms with Gasteiger partial charge in [-0.2, -0.15) is 0 Å². The van der Waals surface area contributed by atoms with E-state index in [1.54, 1.807) is 6.21 Å². The smallest absolute Gasteiger partial charge is 0.129 e. The summed E-state index contributed by atoms with van der Waals surface area (Å²) in [7, 11) is 0. The van der Waals surface area contributed by atoms with E-state index >= 15 is 0 Å². The molecule has 0 radical (unpaired) electrons. The first kappa shape index (κ1) is 6.94. The van der Waals surface area contributed by atoms with Gasteiger partial charge in [0.15, 0.2) is 0 Å². The molecule has 1 saturated carbocycles. The lowest BCUT2D eigenvalue weighted by molar-refractivity contribution is 0.0550. The summed E-state index contributed by atoms with van der Waals surface area (Å²) in [6.45, 7) is 0.504. The van der Waals surface area contributed by atoms with Gasteiger partial charge in [0.2, 0.25) is 0 Å². The topological polar surface area (TPSA) is 71.0 Å². The number of aliphatic imine (C=N–C) groups is 2. The van der Waals surface area contributed by atoms with Gasteiger partial charge < -0.3 is 10.8 Å². The van der Waals surface area contributed by atoms with Crippen molar-refractivity contribution in [2.45, 2.75) is 24.5 Å². The van der Waals surface area contributed by atoms with Crippen LogP contribution in [0.25, 0.3) is 0 Å². The third kappa shape index (κ3) is 0.985. The Morgan fingerprint density at radius 1 is 1.64 bits per heavy atom. The fraction of sp³-hybridized carbons (Fsp3) is 0.714. The Morgan fingerprint density at radius 2 is 2.36 bits per heavy atom. The average molecular weight is 153 g/mol. The van der Waals surface area contributed by atoms with E-state index < -0.39 is 0 Å². The second-order valence-corrected chi connectivity index (χ2v) is 3.21. The van der Waals surface area contributed by atoms with E-state index in [9.17, 15) is 0 Å². The monoisotopic (exact) mass is 153 g/mol. The van der Waals surface area contributed by atoms with Gasteiger partial charge in [-0.25, -0.2) is 0 Å². The van der Waals surface area contributed by atoms with Gasteiger partial charge in [-0.15, -0.1) is 0 Å². The number of aliphatic hydroxyl groups is 1. The highest BCUT2D eigenvalue weighted by Gasteiger charge is 2.44. The van der Waals surface area contributed by atoms with Crippen LogP contribution < -0.4 is 5.73 Å². The molecule has 3 N–H and O–H groups in total. The van der Waals surface area contributed by atoms with Crippen LogP contribution in [-0.2, 0) is 0 Å². The molecule has 2 aliphatic rings. The average Bonchev–Trinajstić information content (AvgIpc) is 2.34. The van der Waals surface area contributed by atoms with Crippen LogP contribution in [0.4, 0.5) is 0 Å². The minimum Gasteiger partial charge on any atom is -0.393 e. The predicted molar refractivity (Wildman–Crippen MR) is 43.0 cm³/mol. The summed E-state index contributed by atoms with van der Waals surface area (Å²) in [5, 5.41) is 9.06. The van der Waals surface area contributed by atoms with E-state index in [2.05, 4.69) is 9.98 Å². The molecule has 0 aromatic carbocycles. The molecular formula is C7H11N3O. The van der Waals surface area contributed by atoms with Crippen molar-refractivity contribution < 1.29 is 5.11 Å². The second kappa shape index (κ2) is 2.12. The van der Waals surface area contributed by atoms with Crippen molar-refractivity contribution in [1.29, 1.82) is 0 Å². The molecule has 0 spiro atoms. The molecule has 1 aliphatic carbocycles. The van der Waals surface area contributed by atoms with Gasteiger partial charge in [-0.05, 0) is 12.8 Å². The fourth-order valence-corrected chi connectivity index (χ4v) is 1.56. The Balaban J connectivity index is 2.10. The highest BCUT2D eigenvalue weighted by molar-refractivity contribution is 6.35. The molecule has 0 amide bonds. The Bertz CT molecular complexity index is 228. The second-order valence-electron chi connectivity index (χ2n) is 3.21. The van der Waals surface area contributed by atoms with Gasteiger partial charge >= 0.3 is 0 Å². The zero-order valence-corrected chi connectivity index (χ0v) is 6.20. The summed E-state index contributed by atoms with van der Waals surface area (Å²) in [5.41, 5.74) is 6.39. The number of rotatable bonds is 1. The number of hydrogen-bond acceptors (Lipinski definition) is 4. The molecule has 1 heterocycles. The molecule has 1 aliphatic heterocycles. The Kier molecular flexibility index (Phi) is 1.34. The van der Waals surface area contributed by atoms with E-state index in [4.69, 9.17) is 10.8 Å². The van der Waals surface area contributed by atoms with Crippen LogP contribution in [0.2, 0.25) is 0 Å². The molecule has 0 aromatic heterocycles. The third-order valence-electron chi connectivity index (χ3n) is 2.25. The summed E-state index contributed by atoms with van der Waals surface area (Å²) in [6.07, 6.45) is 2.72. The van der Waals surface area contributed by atoms with E-state index in [1.165, 1.54) is 0 Å². The lowest BCUT2D eigenvalue weighted by atomic mass is 9.72. The fourth-order valence-electron chi connectivity index (χ4n) is 1.56. The van der Waals surface area contributed by atoms with Crippen LogP contribution in [0.1, 0.15) is 12.8 Å². The molecule has 0 atom stereocenters. The molecule has 0 saturated heterocycles. The van der Waals surface area contributed by atoms with Crippen molar-refractivity contribution in [3.8, 4) is 0 Å². The van der Waals surface area contributed by atoms with Gasteiger partial charge in [-0.1, -0.05) is 0 Å². The maximum Gasteiger partial charge on any atom is 0.129 e. The van der Waals surface area contributed by atoms with Crippen molar-refractivity contribution in [3.63, 3.8) is 0 Å². The van der Waals surface area contributed by atoms with Crippen LogP contribution in [0.15, 0.2) is 9.98 Å². The first-order valence-electron chi connectivity index (χ1n) is 3.72. The molecule has 2 rings (SSSR count). The summed E-state index contributed by atoms with van der Waals surface area (Å²) < 4.78 is 0. The van der Waals surface area contributed by atoms with Gasteiger partial charge in [-0.3, -0.25) is 9.98 Å². The molecule has 1 fully saturated rings. The number of aliphatic hydroxyl groups excluding tert-OH is 1. The SMILES string of the molecule is NC1(C2=NCN=C2)CC(O)C1. The van der Waals surface area contributed by atoms with E-state index in [0.29, 0.717) is 19.5 Å². The van der Waals surface area contributed by atoms with Crippen LogP contribution in [0.5, 0.6) is 0 Å². The van der Waals surface area contributed by atoms with E-state index in [0.717, 1.165) is 5.71 Å². The Hall–Kier alpha value is -0.740. The number of nitrogens with two attached hydrogens (primary N) is 1. The molecule has 0 unspecified atom stereocenters. The lowest BCUT2D eigenvalue weighted by Gasteiger charge is -2.41. The van der Waals surface area contributed by atoms with Crippen LogP contribution in [0, 0.1) is 0 Å². The molecule has 4 heteroatoms. The zero-order chi connectivity index (χ0) is 7.90. The maximum absolute atomic E-state index is 9.06. The van der Waals surface area contributed by atoms with E-state index in [1.807, 2.05) is 0 Å². The quantitative estimate of drug-likeness (QED) is 0.524.